The van der Waals surface area contributed by atoms with E-state index in [2.05, 4.69) is 21.1 Å². The molecule has 0 atom stereocenters. The Hall–Kier alpha value is -1.93. The predicted molar refractivity (Wildman–Crippen MR) is 69.4 cm³/mol. The van der Waals surface area contributed by atoms with Gasteiger partial charge in [0, 0.05) is 18.7 Å². The Balaban J connectivity index is 2.50. The molecule has 0 amide bonds. The molecule has 0 N–H and O–H groups in total. The third kappa shape index (κ3) is 2.20. The summed E-state index contributed by atoms with van der Waals surface area (Å²) in [6.07, 6.45) is 0.790. The van der Waals surface area contributed by atoms with Crippen molar-refractivity contribution in [1.82, 2.24) is 19.5 Å². The maximum Gasteiger partial charge on any atom is 0.173 e. The van der Waals surface area contributed by atoms with Gasteiger partial charge in [0.1, 0.15) is 6.07 Å². The lowest BCUT2D eigenvalue weighted by atomic mass is 10.1. The van der Waals surface area contributed by atoms with Crippen molar-refractivity contribution in [2.45, 2.75) is 20.3 Å². The summed E-state index contributed by atoms with van der Waals surface area (Å²) in [7, 11) is 4.04. The number of pyridine rings is 1. The number of hydrogen-bond acceptors (Lipinski definition) is 4. The molecule has 2 rings (SSSR count). The van der Waals surface area contributed by atoms with Crippen LogP contribution in [0.5, 0.6) is 0 Å². The van der Waals surface area contributed by atoms with Crippen LogP contribution >= 0.6 is 0 Å². The molecule has 0 unspecified atom stereocenters. The first kappa shape index (κ1) is 12.5. The Bertz CT molecular complexity index is 618. The highest BCUT2D eigenvalue weighted by Crippen LogP contribution is 2.16. The van der Waals surface area contributed by atoms with Crippen LogP contribution in [-0.2, 0) is 6.42 Å². The van der Waals surface area contributed by atoms with Gasteiger partial charge in [-0.3, -0.25) is 0 Å². The summed E-state index contributed by atoms with van der Waals surface area (Å²) >= 11 is 0. The number of aryl methyl sites for hydroxylation is 2. The van der Waals surface area contributed by atoms with Gasteiger partial charge in [-0.25, -0.2) is 9.50 Å². The van der Waals surface area contributed by atoms with Gasteiger partial charge in [-0.2, -0.15) is 10.4 Å². The average molecular weight is 243 g/mol. The predicted octanol–water partition coefficient (Wildman–Crippen LogP) is 1.32. The molecule has 5 nitrogen and oxygen atoms in total. The number of aromatic nitrogens is 3. The van der Waals surface area contributed by atoms with Crippen molar-refractivity contribution < 1.29 is 0 Å². The minimum absolute atomic E-state index is 0.615. The third-order valence-electron chi connectivity index (χ3n) is 2.92. The van der Waals surface area contributed by atoms with Crippen LogP contribution in [0.3, 0.4) is 0 Å². The van der Waals surface area contributed by atoms with E-state index in [1.807, 2.05) is 34.0 Å². The van der Waals surface area contributed by atoms with Crippen molar-refractivity contribution in [2.24, 2.45) is 0 Å². The minimum atomic E-state index is 0.615. The molecule has 94 valence electrons. The van der Waals surface area contributed by atoms with Gasteiger partial charge in [0.15, 0.2) is 11.5 Å². The second kappa shape index (κ2) is 4.75. The Morgan fingerprint density at radius 2 is 2.11 bits per heavy atom. The van der Waals surface area contributed by atoms with Gasteiger partial charge in [0.05, 0.1) is 5.56 Å². The molecule has 0 aliphatic rings. The van der Waals surface area contributed by atoms with Gasteiger partial charge in [0.25, 0.3) is 0 Å². The standard InChI is InChI=1S/C13H17N5/c1-9-7-10(2)18-13(11(9)8-14)15-12(16-18)5-6-17(3)4/h7H,5-6H2,1-4H3. The van der Waals surface area contributed by atoms with Crippen molar-refractivity contribution >= 4 is 5.65 Å². The van der Waals surface area contributed by atoms with Gasteiger partial charge >= 0.3 is 0 Å². The SMILES string of the molecule is Cc1cc(C)n2nc(CCN(C)C)nc2c1C#N. The van der Waals surface area contributed by atoms with Crippen molar-refractivity contribution in [2.75, 3.05) is 20.6 Å². The molecule has 18 heavy (non-hydrogen) atoms. The number of rotatable bonds is 3. The molecule has 5 heteroatoms. The molecule has 0 aliphatic heterocycles. The number of fused-ring (bicyclic) bond motifs is 1. The second-order valence-electron chi connectivity index (χ2n) is 4.77. The Kier molecular flexibility index (Phi) is 3.30. The summed E-state index contributed by atoms with van der Waals surface area (Å²) in [6, 6.07) is 4.18. The quantitative estimate of drug-likeness (QED) is 0.816. The van der Waals surface area contributed by atoms with Gasteiger partial charge in [0.2, 0.25) is 0 Å². The molecular weight excluding hydrogens is 226 g/mol. The first-order valence-corrected chi connectivity index (χ1v) is 5.93. The van der Waals surface area contributed by atoms with Gasteiger partial charge < -0.3 is 4.90 Å². The van der Waals surface area contributed by atoms with Gasteiger partial charge in [-0.15, -0.1) is 0 Å². The highest BCUT2D eigenvalue weighted by atomic mass is 15.3. The Morgan fingerprint density at radius 1 is 1.39 bits per heavy atom. The smallest absolute Gasteiger partial charge is 0.173 e. The first-order valence-electron chi connectivity index (χ1n) is 5.93. The summed E-state index contributed by atoms with van der Waals surface area (Å²) in [6.45, 7) is 4.81. The zero-order chi connectivity index (χ0) is 13.3. The number of nitrogens with zero attached hydrogens (tertiary/aromatic N) is 5. The van der Waals surface area contributed by atoms with E-state index in [-0.39, 0.29) is 0 Å². The molecule has 0 spiro atoms. The third-order valence-corrected chi connectivity index (χ3v) is 2.92. The Labute approximate surface area is 107 Å². The summed E-state index contributed by atoms with van der Waals surface area (Å²) in [5, 5.41) is 13.7. The van der Waals surface area contributed by atoms with Crippen molar-refractivity contribution in [3.05, 3.63) is 28.7 Å². The summed E-state index contributed by atoms with van der Waals surface area (Å²) < 4.78 is 1.76. The fourth-order valence-corrected chi connectivity index (χ4v) is 1.95. The van der Waals surface area contributed by atoms with Crippen molar-refractivity contribution in [1.29, 1.82) is 5.26 Å². The normalized spacial score (nSPS) is 11.1. The van der Waals surface area contributed by atoms with E-state index in [4.69, 9.17) is 0 Å². The molecule has 2 aromatic heterocycles. The topological polar surface area (TPSA) is 57.2 Å². The van der Waals surface area contributed by atoms with Crippen LogP contribution in [0.1, 0.15) is 22.6 Å². The molecule has 0 saturated heterocycles. The average Bonchev–Trinajstić information content (AvgIpc) is 2.71. The van der Waals surface area contributed by atoms with Crippen LogP contribution in [0.4, 0.5) is 0 Å². The maximum absolute atomic E-state index is 9.20. The number of nitriles is 1. The number of likely N-dealkylation sites (N-methyl/N-ethyl adjacent to an activating group) is 1. The molecule has 0 aliphatic carbocycles. The lowest BCUT2D eigenvalue weighted by molar-refractivity contribution is 0.409. The van der Waals surface area contributed by atoms with E-state index in [0.717, 1.165) is 30.0 Å². The molecule has 2 heterocycles. The van der Waals surface area contributed by atoms with E-state index in [1.54, 1.807) is 4.52 Å². The van der Waals surface area contributed by atoms with E-state index < -0.39 is 0 Å². The van der Waals surface area contributed by atoms with E-state index in [0.29, 0.717) is 11.2 Å². The van der Waals surface area contributed by atoms with Crippen LogP contribution in [0.2, 0.25) is 0 Å². The minimum Gasteiger partial charge on any atom is -0.309 e. The second-order valence-corrected chi connectivity index (χ2v) is 4.77. The van der Waals surface area contributed by atoms with Gasteiger partial charge in [-0.05, 0) is 39.6 Å². The molecule has 0 bridgehead atoms. The summed E-state index contributed by atoms with van der Waals surface area (Å²) in [5.74, 6) is 0.786. The lowest BCUT2D eigenvalue weighted by Crippen LogP contribution is -2.15. The molecule has 0 fully saturated rings. The van der Waals surface area contributed by atoms with Crippen LogP contribution < -0.4 is 0 Å². The molecular formula is C13H17N5. The summed E-state index contributed by atoms with van der Waals surface area (Å²) in [5.41, 5.74) is 3.24. The highest BCUT2D eigenvalue weighted by Gasteiger charge is 2.12. The fourth-order valence-electron chi connectivity index (χ4n) is 1.95. The van der Waals surface area contributed by atoms with E-state index in [9.17, 15) is 5.26 Å². The van der Waals surface area contributed by atoms with Crippen LogP contribution in [0.15, 0.2) is 6.07 Å². The van der Waals surface area contributed by atoms with Crippen LogP contribution in [0.25, 0.3) is 5.65 Å². The fraction of sp³-hybridized carbons (Fsp3) is 0.462. The molecule has 2 aromatic rings. The van der Waals surface area contributed by atoms with Crippen molar-refractivity contribution in [3.8, 4) is 6.07 Å². The lowest BCUT2D eigenvalue weighted by Gasteiger charge is -2.05. The zero-order valence-corrected chi connectivity index (χ0v) is 11.2. The monoisotopic (exact) mass is 243 g/mol. The number of hydrogen-bond donors (Lipinski definition) is 0. The molecule has 0 radical (unpaired) electrons. The summed E-state index contributed by atoms with van der Waals surface area (Å²) in [4.78, 5) is 6.57. The van der Waals surface area contributed by atoms with Crippen LogP contribution in [0, 0.1) is 25.2 Å². The largest absolute Gasteiger partial charge is 0.309 e. The molecule has 0 saturated carbocycles. The van der Waals surface area contributed by atoms with E-state index >= 15 is 0 Å². The highest BCUT2D eigenvalue weighted by molar-refractivity contribution is 5.59. The Morgan fingerprint density at radius 3 is 2.72 bits per heavy atom. The van der Waals surface area contributed by atoms with Crippen LogP contribution in [-0.4, -0.2) is 40.1 Å². The van der Waals surface area contributed by atoms with Gasteiger partial charge in [-0.1, -0.05) is 0 Å². The first-order chi connectivity index (χ1) is 8.52. The zero-order valence-electron chi connectivity index (χ0n) is 11.2. The van der Waals surface area contributed by atoms with Crippen molar-refractivity contribution in [3.63, 3.8) is 0 Å². The van der Waals surface area contributed by atoms with E-state index in [1.165, 1.54) is 0 Å². The maximum atomic E-state index is 9.20. The molecule has 0 aromatic carbocycles.